The van der Waals surface area contributed by atoms with Gasteiger partial charge in [-0.05, 0) is 12.5 Å². The van der Waals surface area contributed by atoms with Crippen molar-refractivity contribution in [1.82, 2.24) is 4.90 Å². The number of likely N-dealkylation sites (tertiary alicyclic amines) is 1. The Morgan fingerprint density at radius 1 is 1.33 bits per heavy atom. The van der Waals surface area contributed by atoms with Crippen molar-refractivity contribution in [3.05, 3.63) is 35.9 Å². The van der Waals surface area contributed by atoms with Gasteiger partial charge in [0.25, 0.3) is 5.92 Å². The van der Waals surface area contributed by atoms with E-state index in [0.29, 0.717) is 10.5 Å². The number of carbonyl (C=O) groups is 2. The molecule has 1 aromatic carbocycles. The summed E-state index contributed by atoms with van der Waals surface area (Å²) in [6.07, 6.45) is -1.98. The molecule has 0 aromatic heterocycles. The van der Waals surface area contributed by atoms with E-state index in [1.807, 2.05) is 0 Å². The predicted molar refractivity (Wildman–Crippen MR) is 68.9 cm³/mol. The van der Waals surface area contributed by atoms with Crippen molar-refractivity contribution in [2.75, 3.05) is 6.54 Å². The molecule has 21 heavy (non-hydrogen) atoms. The van der Waals surface area contributed by atoms with Gasteiger partial charge in [0, 0.05) is 6.42 Å². The van der Waals surface area contributed by atoms with Crippen molar-refractivity contribution in [2.24, 2.45) is 0 Å². The lowest BCUT2D eigenvalue weighted by molar-refractivity contribution is -0.148. The predicted octanol–water partition coefficient (Wildman–Crippen LogP) is 2.51. The normalized spacial score (nSPS) is 23.9. The van der Waals surface area contributed by atoms with Gasteiger partial charge in [-0.25, -0.2) is 18.4 Å². The first kappa shape index (κ1) is 15.2. The van der Waals surface area contributed by atoms with Crippen LogP contribution in [-0.2, 0) is 16.1 Å². The molecule has 0 spiro atoms. The molecule has 114 valence electrons. The van der Waals surface area contributed by atoms with Crippen LogP contribution >= 0.6 is 0 Å². The van der Waals surface area contributed by atoms with E-state index in [-0.39, 0.29) is 6.61 Å². The van der Waals surface area contributed by atoms with Crippen molar-refractivity contribution < 1.29 is 28.2 Å². The van der Waals surface area contributed by atoms with Gasteiger partial charge in [0.2, 0.25) is 0 Å². The number of carboxylic acids is 1. The monoisotopic (exact) mass is 299 g/mol. The number of hydrogen-bond acceptors (Lipinski definition) is 3. The maximum atomic E-state index is 13.5. The summed E-state index contributed by atoms with van der Waals surface area (Å²) in [6.45, 7) is 0.0425. The van der Waals surface area contributed by atoms with Crippen molar-refractivity contribution in [1.29, 1.82) is 0 Å². The van der Waals surface area contributed by atoms with Crippen LogP contribution in [0, 0.1) is 0 Å². The SMILES string of the molecule is C[C@@]1(C(=O)O)CC(F)(F)CN1C(=O)OCc1ccccc1. The second-order valence-corrected chi connectivity index (χ2v) is 5.24. The van der Waals surface area contributed by atoms with E-state index in [2.05, 4.69) is 0 Å². The smallest absolute Gasteiger partial charge is 0.411 e. The van der Waals surface area contributed by atoms with Gasteiger partial charge in [0.05, 0.1) is 6.54 Å². The molecule has 1 amide bonds. The average Bonchev–Trinajstić information content (AvgIpc) is 2.68. The highest BCUT2D eigenvalue weighted by Gasteiger charge is 2.59. The van der Waals surface area contributed by atoms with Gasteiger partial charge in [0.1, 0.15) is 12.1 Å². The van der Waals surface area contributed by atoms with Gasteiger partial charge in [-0.15, -0.1) is 0 Å². The van der Waals surface area contributed by atoms with Gasteiger partial charge in [-0.3, -0.25) is 4.90 Å². The summed E-state index contributed by atoms with van der Waals surface area (Å²) in [5, 5.41) is 9.13. The van der Waals surface area contributed by atoms with E-state index in [9.17, 15) is 18.4 Å². The van der Waals surface area contributed by atoms with Crippen LogP contribution < -0.4 is 0 Å². The van der Waals surface area contributed by atoms with Gasteiger partial charge in [-0.1, -0.05) is 30.3 Å². The van der Waals surface area contributed by atoms with E-state index in [1.165, 1.54) is 0 Å². The van der Waals surface area contributed by atoms with Gasteiger partial charge >= 0.3 is 12.1 Å². The molecule has 0 bridgehead atoms. The molecule has 2 rings (SSSR count). The zero-order valence-corrected chi connectivity index (χ0v) is 11.4. The van der Waals surface area contributed by atoms with Crippen LogP contribution in [0.3, 0.4) is 0 Å². The molecule has 5 nitrogen and oxygen atoms in total. The number of nitrogens with zero attached hydrogens (tertiary/aromatic N) is 1. The van der Waals surface area contributed by atoms with Crippen molar-refractivity contribution in [3.8, 4) is 0 Å². The highest BCUT2D eigenvalue weighted by atomic mass is 19.3. The summed E-state index contributed by atoms with van der Waals surface area (Å²) in [5.41, 5.74) is -1.27. The number of benzene rings is 1. The topological polar surface area (TPSA) is 66.8 Å². The third-order valence-electron chi connectivity index (χ3n) is 3.47. The molecule has 1 aromatic rings. The first-order chi connectivity index (χ1) is 9.74. The van der Waals surface area contributed by atoms with Crippen molar-refractivity contribution in [2.45, 2.75) is 31.4 Å². The van der Waals surface area contributed by atoms with E-state index in [0.717, 1.165) is 6.92 Å². The van der Waals surface area contributed by atoms with Gasteiger partial charge in [0.15, 0.2) is 0 Å². The highest BCUT2D eigenvalue weighted by Crippen LogP contribution is 2.40. The van der Waals surface area contributed by atoms with Gasteiger partial charge in [-0.2, -0.15) is 0 Å². The lowest BCUT2D eigenvalue weighted by Crippen LogP contribution is -2.50. The Balaban J connectivity index is 2.08. The second-order valence-electron chi connectivity index (χ2n) is 5.24. The molecule has 0 aliphatic carbocycles. The van der Waals surface area contributed by atoms with Crippen LogP contribution in [0.5, 0.6) is 0 Å². The number of carboxylic acid groups (broad SMARTS) is 1. The summed E-state index contributed by atoms with van der Waals surface area (Å²) >= 11 is 0. The zero-order chi connectivity index (χ0) is 15.7. The standard InChI is InChI=1S/C14H15F2NO4/c1-13(11(18)19)8-14(15,16)9-17(13)12(20)21-7-10-5-3-2-4-6-10/h2-6H,7-9H2,1H3,(H,18,19)/t13-/m0/s1. The number of rotatable bonds is 3. The molecule has 1 atom stereocenters. The van der Waals surface area contributed by atoms with E-state index in [1.54, 1.807) is 30.3 Å². The number of amides is 1. The van der Waals surface area contributed by atoms with E-state index < -0.39 is 36.5 Å². The number of ether oxygens (including phenoxy) is 1. The Labute approximate surface area is 120 Å². The molecule has 0 unspecified atom stereocenters. The maximum Gasteiger partial charge on any atom is 0.411 e. The molecule has 1 N–H and O–H groups in total. The molecule has 1 fully saturated rings. The van der Waals surface area contributed by atoms with E-state index in [4.69, 9.17) is 9.84 Å². The Kier molecular flexibility index (Phi) is 3.85. The molecule has 1 saturated heterocycles. The lowest BCUT2D eigenvalue weighted by Gasteiger charge is -2.29. The summed E-state index contributed by atoms with van der Waals surface area (Å²) in [7, 11) is 0. The van der Waals surface area contributed by atoms with Crippen LogP contribution in [0.4, 0.5) is 13.6 Å². The third-order valence-corrected chi connectivity index (χ3v) is 3.47. The molecular weight excluding hydrogens is 284 g/mol. The molecule has 0 radical (unpaired) electrons. The largest absolute Gasteiger partial charge is 0.480 e. The van der Waals surface area contributed by atoms with Crippen molar-refractivity contribution >= 4 is 12.1 Å². The fraction of sp³-hybridized carbons (Fsp3) is 0.429. The minimum Gasteiger partial charge on any atom is -0.480 e. The average molecular weight is 299 g/mol. The Morgan fingerprint density at radius 3 is 2.52 bits per heavy atom. The minimum absolute atomic E-state index is 0.0998. The third kappa shape index (κ3) is 3.12. The van der Waals surface area contributed by atoms with Crippen LogP contribution in [0.25, 0.3) is 0 Å². The molecule has 1 heterocycles. The van der Waals surface area contributed by atoms with Crippen LogP contribution in [-0.4, -0.2) is 40.1 Å². The maximum absolute atomic E-state index is 13.5. The number of halogens is 2. The summed E-state index contributed by atoms with van der Waals surface area (Å²) < 4.78 is 31.9. The molecule has 0 saturated carbocycles. The molecule has 1 aliphatic rings. The van der Waals surface area contributed by atoms with Crippen LogP contribution in [0.2, 0.25) is 0 Å². The van der Waals surface area contributed by atoms with E-state index >= 15 is 0 Å². The van der Waals surface area contributed by atoms with Crippen molar-refractivity contribution in [3.63, 3.8) is 0 Å². The number of carbonyl (C=O) groups excluding carboxylic acids is 1. The fourth-order valence-corrected chi connectivity index (χ4v) is 2.32. The summed E-state index contributed by atoms with van der Waals surface area (Å²) in [5.74, 6) is -4.71. The van der Waals surface area contributed by atoms with Gasteiger partial charge < -0.3 is 9.84 Å². The second kappa shape index (κ2) is 5.31. The summed E-state index contributed by atoms with van der Waals surface area (Å²) in [4.78, 5) is 23.7. The molecular formula is C14H15F2NO4. The number of hydrogen-bond donors (Lipinski definition) is 1. The Morgan fingerprint density at radius 2 is 1.95 bits per heavy atom. The van der Waals surface area contributed by atoms with Crippen LogP contribution in [0.1, 0.15) is 18.9 Å². The first-order valence-electron chi connectivity index (χ1n) is 6.34. The zero-order valence-electron chi connectivity index (χ0n) is 11.4. The Bertz CT molecular complexity index is 549. The quantitative estimate of drug-likeness (QED) is 0.931. The first-order valence-corrected chi connectivity index (χ1v) is 6.34. The summed E-state index contributed by atoms with van der Waals surface area (Å²) in [6, 6.07) is 8.70. The minimum atomic E-state index is -3.24. The fourth-order valence-electron chi connectivity index (χ4n) is 2.32. The Hall–Kier alpha value is -2.18. The lowest BCUT2D eigenvalue weighted by atomic mass is 9.98. The molecule has 1 aliphatic heterocycles. The van der Waals surface area contributed by atoms with Crippen LogP contribution in [0.15, 0.2) is 30.3 Å². The highest BCUT2D eigenvalue weighted by molar-refractivity contribution is 5.85. The molecule has 7 heteroatoms. The number of alkyl halides is 2. The number of aliphatic carboxylic acids is 1.